The minimum Gasteiger partial charge on any atom is -0.377 e. The number of ether oxygens (including phenoxy) is 1. The lowest BCUT2D eigenvalue weighted by atomic mass is 9.48. The molecule has 3 atom stereocenters. The number of carbonyl (C=O) groups excluding carboxylic acids is 1. The first-order chi connectivity index (χ1) is 9.78. The second-order valence-electron chi connectivity index (χ2n) is 6.70. The third kappa shape index (κ3) is 1.84. The Labute approximate surface area is 123 Å². The van der Waals surface area contributed by atoms with Crippen LogP contribution in [-0.4, -0.2) is 24.2 Å². The molecule has 1 aliphatic heterocycles. The minimum absolute atomic E-state index is 0.0304. The summed E-state index contributed by atoms with van der Waals surface area (Å²) in [7, 11) is 0. The van der Waals surface area contributed by atoms with E-state index >= 15 is 0 Å². The molecule has 1 aliphatic carbocycles. The van der Waals surface area contributed by atoms with Gasteiger partial charge in [0.05, 0.1) is 6.10 Å². The van der Waals surface area contributed by atoms with Gasteiger partial charge in [0.1, 0.15) is 11.4 Å². The van der Waals surface area contributed by atoms with Crippen LogP contribution in [0.1, 0.15) is 25.8 Å². The van der Waals surface area contributed by atoms with Crippen LogP contribution in [0.4, 0.5) is 10.1 Å². The van der Waals surface area contributed by atoms with Crippen LogP contribution in [0.5, 0.6) is 0 Å². The molecule has 21 heavy (non-hydrogen) atoms. The molecule has 0 spiro atoms. The van der Waals surface area contributed by atoms with Gasteiger partial charge in [-0.1, -0.05) is 19.9 Å². The Bertz CT molecular complexity index is 602. The molecule has 3 N–H and O–H groups in total. The van der Waals surface area contributed by atoms with Gasteiger partial charge in [0.15, 0.2) is 0 Å². The number of rotatable bonds is 2. The molecule has 1 saturated heterocycles. The van der Waals surface area contributed by atoms with Crippen molar-refractivity contribution in [2.75, 3.05) is 11.9 Å². The van der Waals surface area contributed by atoms with Crippen LogP contribution in [0.25, 0.3) is 0 Å². The van der Waals surface area contributed by atoms with Crippen molar-refractivity contribution in [3.05, 3.63) is 29.6 Å². The maximum atomic E-state index is 13.6. The molecule has 3 unspecified atom stereocenters. The summed E-state index contributed by atoms with van der Waals surface area (Å²) in [5.41, 5.74) is 6.01. The first-order valence-corrected chi connectivity index (χ1v) is 7.26. The summed E-state index contributed by atoms with van der Waals surface area (Å²) in [4.78, 5) is 12.7. The molecule has 1 aromatic rings. The predicted molar refractivity (Wildman–Crippen MR) is 78.3 cm³/mol. The van der Waals surface area contributed by atoms with E-state index in [-0.39, 0.29) is 23.7 Å². The highest BCUT2D eigenvalue weighted by molar-refractivity contribution is 6.00. The number of halogens is 1. The van der Waals surface area contributed by atoms with Gasteiger partial charge in [-0.05, 0) is 31.0 Å². The van der Waals surface area contributed by atoms with Gasteiger partial charge in [-0.2, -0.15) is 0 Å². The Hall–Kier alpha value is -1.46. The molecule has 1 heterocycles. The molecule has 0 radical (unpaired) electrons. The van der Waals surface area contributed by atoms with E-state index in [4.69, 9.17) is 10.5 Å². The number of anilines is 1. The summed E-state index contributed by atoms with van der Waals surface area (Å²) >= 11 is 0. The van der Waals surface area contributed by atoms with Crippen molar-refractivity contribution in [2.24, 2.45) is 17.1 Å². The normalized spacial score (nSPS) is 33.2. The summed E-state index contributed by atoms with van der Waals surface area (Å²) < 4.78 is 19.3. The quantitative estimate of drug-likeness (QED) is 0.878. The Morgan fingerprint density at radius 2 is 2.19 bits per heavy atom. The fourth-order valence-corrected chi connectivity index (χ4v) is 3.75. The Kier molecular flexibility index (Phi) is 3.11. The molecule has 1 amide bonds. The molecule has 0 aromatic heterocycles. The van der Waals surface area contributed by atoms with Gasteiger partial charge >= 0.3 is 0 Å². The van der Waals surface area contributed by atoms with E-state index in [2.05, 4.69) is 5.32 Å². The van der Waals surface area contributed by atoms with Crippen LogP contribution in [0.2, 0.25) is 0 Å². The zero-order valence-electron chi connectivity index (χ0n) is 12.6. The SMILES string of the molecule is Cc1ccc(NC(=O)C2(N)C3CCOC3C2(C)C)cc1F. The van der Waals surface area contributed by atoms with E-state index in [0.29, 0.717) is 17.9 Å². The molecule has 2 fully saturated rings. The highest BCUT2D eigenvalue weighted by Crippen LogP contribution is 2.58. The molecule has 2 aliphatic rings. The van der Waals surface area contributed by atoms with E-state index in [1.807, 2.05) is 13.8 Å². The predicted octanol–water partition coefficient (Wildman–Crippen LogP) is 2.22. The number of nitrogens with two attached hydrogens (primary N) is 1. The van der Waals surface area contributed by atoms with Crippen LogP contribution in [0.15, 0.2) is 18.2 Å². The maximum Gasteiger partial charge on any atom is 0.245 e. The lowest BCUT2D eigenvalue weighted by Crippen LogP contribution is -2.79. The molecule has 1 saturated carbocycles. The van der Waals surface area contributed by atoms with Crippen molar-refractivity contribution < 1.29 is 13.9 Å². The van der Waals surface area contributed by atoms with Gasteiger partial charge in [0, 0.05) is 23.6 Å². The van der Waals surface area contributed by atoms with Gasteiger partial charge in [-0.3, -0.25) is 4.79 Å². The van der Waals surface area contributed by atoms with Crippen molar-refractivity contribution in [2.45, 2.75) is 38.8 Å². The summed E-state index contributed by atoms with van der Waals surface area (Å²) in [5, 5.41) is 2.76. The summed E-state index contributed by atoms with van der Waals surface area (Å²) in [6, 6.07) is 4.65. The lowest BCUT2D eigenvalue weighted by Gasteiger charge is -2.60. The van der Waals surface area contributed by atoms with Gasteiger partial charge in [-0.15, -0.1) is 0 Å². The fraction of sp³-hybridized carbons (Fsp3) is 0.562. The third-order valence-corrected chi connectivity index (χ3v) is 5.26. The zero-order valence-corrected chi connectivity index (χ0v) is 12.6. The Balaban J connectivity index is 1.83. The molecule has 4 nitrogen and oxygen atoms in total. The van der Waals surface area contributed by atoms with Gasteiger partial charge in [-0.25, -0.2) is 4.39 Å². The first kappa shape index (κ1) is 14.5. The highest BCUT2D eigenvalue weighted by atomic mass is 19.1. The molecule has 114 valence electrons. The summed E-state index contributed by atoms with van der Waals surface area (Å²) in [6.45, 7) is 6.23. The van der Waals surface area contributed by atoms with E-state index in [1.54, 1.807) is 19.1 Å². The summed E-state index contributed by atoms with van der Waals surface area (Å²) in [6.07, 6.45) is 0.822. The van der Waals surface area contributed by atoms with E-state index < -0.39 is 11.0 Å². The molecule has 3 rings (SSSR count). The number of hydrogen-bond acceptors (Lipinski definition) is 3. The number of hydrogen-bond donors (Lipinski definition) is 2. The van der Waals surface area contributed by atoms with Crippen molar-refractivity contribution in [1.82, 2.24) is 0 Å². The third-order valence-electron chi connectivity index (χ3n) is 5.26. The zero-order chi connectivity index (χ0) is 15.4. The Morgan fingerprint density at radius 3 is 2.86 bits per heavy atom. The average molecular weight is 292 g/mol. The monoisotopic (exact) mass is 292 g/mol. The second kappa shape index (κ2) is 4.52. The number of amides is 1. The number of fused-ring (bicyclic) bond motifs is 1. The molecule has 1 aromatic carbocycles. The number of aryl methyl sites for hydroxylation is 1. The average Bonchev–Trinajstić information content (AvgIpc) is 2.90. The molecule has 5 heteroatoms. The number of benzene rings is 1. The van der Waals surface area contributed by atoms with Crippen LogP contribution in [-0.2, 0) is 9.53 Å². The number of carbonyl (C=O) groups is 1. The van der Waals surface area contributed by atoms with Gasteiger partial charge in [0.2, 0.25) is 5.91 Å². The second-order valence-corrected chi connectivity index (χ2v) is 6.70. The smallest absolute Gasteiger partial charge is 0.245 e. The molecular formula is C16H21FN2O2. The fourth-order valence-electron chi connectivity index (χ4n) is 3.75. The number of nitrogens with one attached hydrogen (secondary N) is 1. The van der Waals surface area contributed by atoms with Crippen LogP contribution >= 0.6 is 0 Å². The van der Waals surface area contributed by atoms with Crippen LogP contribution in [0.3, 0.4) is 0 Å². The first-order valence-electron chi connectivity index (χ1n) is 7.26. The van der Waals surface area contributed by atoms with E-state index in [1.165, 1.54) is 6.07 Å². The largest absolute Gasteiger partial charge is 0.377 e. The Morgan fingerprint density at radius 1 is 1.48 bits per heavy atom. The maximum absolute atomic E-state index is 13.6. The minimum atomic E-state index is -0.977. The van der Waals surface area contributed by atoms with Crippen molar-refractivity contribution >= 4 is 11.6 Å². The van der Waals surface area contributed by atoms with Gasteiger partial charge in [0.25, 0.3) is 0 Å². The highest BCUT2D eigenvalue weighted by Gasteiger charge is 2.71. The van der Waals surface area contributed by atoms with E-state index in [0.717, 1.165) is 6.42 Å². The van der Waals surface area contributed by atoms with Gasteiger partial charge < -0.3 is 15.8 Å². The van der Waals surface area contributed by atoms with Crippen LogP contribution < -0.4 is 11.1 Å². The van der Waals surface area contributed by atoms with Crippen molar-refractivity contribution in [3.8, 4) is 0 Å². The van der Waals surface area contributed by atoms with Crippen molar-refractivity contribution in [1.29, 1.82) is 0 Å². The van der Waals surface area contributed by atoms with Crippen molar-refractivity contribution in [3.63, 3.8) is 0 Å². The lowest BCUT2D eigenvalue weighted by molar-refractivity contribution is -0.170. The standard InChI is InChI=1S/C16H21FN2O2/c1-9-4-5-10(8-12(9)17)19-14(20)16(18)11-6-7-21-13(11)15(16,2)3/h4-5,8,11,13H,6-7,18H2,1-3H3,(H,19,20). The van der Waals surface area contributed by atoms with Crippen LogP contribution in [0, 0.1) is 24.1 Å². The summed E-state index contributed by atoms with van der Waals surface area (Å²) in [5.74, 6) is -0.570. The van der Waals surface area contributed by atoms with E-state index in [9.17, 15) is 9.18 Å². The molecule has 0 bridgehead atoms. The molecular weight excluding hydrogens is 271 g/mol. The topological polar surface area (TPSA) is 64.4 Å².